The third-order valence-electron chi connectivity index (χ3n) is 4.71. The number of ether oxygens (including phenoxy) is 1. The number of anilines is 3. The van der Waals surface area contributed by atoms with Crippen molar-refractivity contribution in [3.05, 3.63) is 67.3 Å². The Kier molecular flexibility index (Phi) is 7.83. The van der Waals surface area contributed by atoms with Crippen molar-refractivity contribution in [1.82, 2.24) is 0 Å². The quantitative estimate of drug-likeness (QED) is 0.370. The van der Waals surface area contributed by atoms with Crippen LogP contribution in [-0.2, 0) is 9.53 Å². The minimum Gasteiger partial charge on any atom is -0.438 e. The number of urea groups is 1. The van der Waals surface area contributed by atoms with Crippen molar-refractivity contribution in [1.29, 1.82) is 0 Å². The summed E-state index contributed by atoms with van der Waals surface area (Å²) in [6.07, 6.45) is 0.285. The Morgan fingerprint density at radius 3 is 2.03 bits per heavy atom. The number of para-hydroxylation sites is 1. The molecule has 0 N–H and O–H groups in total. The number of nitrogens with zero attached hydrogens (tertiary/aromatic N) is 3. The number of benzene rings is 2. The van der Waals surface area contributed by atoms with Gasteiger partial charge in [-0.1, -0.05) is 24.8 Å². The highest BCUT2D eigenvalue weighted by Gasteiger charge is 2.27. The van der Waals surface area contributed by atoms with Crippen LogP contribution in [0.15, 0.2) is 67.3 Å². The highest BCUT2D eigenvalue weighted by atomic mass is 16.6. The third-order valence-corrected chi connectivity index (χ3v) is 4.71. The summed E-state index contributed by atoms with van der Waals surface area (Å²) in [5.41, 5.74) is 2.48. The number of carbonyl (C=O) groups is 2. The Balaban J connectivity index is 2.30. The minimum absolute atomic E-state index is 0.309. The molecule has 154 valence electrons. The second kappa shape index (κ2) is 10.3. The molecule has 0 bridgehead atoms. The zero-order chi connectivity index (χ0) is 21.4. The number of amides is 2. The zero-order valence-electron chi connectivity index (χ0n) is 17.5. The molecular weight excluding hydrogens is 366 g/mol. The van der Waals surface area contributed by atoms with Crippen LogP contribution < -0.4 is 14.7 Å². The van der Waals surface area contributed by atoms with E-state index >= 15 is 0 Å². The average molecular weight is 396 g/mol. The fourth-order valence-corrected chi connectivity index (χ4v) is 3.08. The second-order valence-electron chi connectivity index (χ2n) is 6.48. The average Bonchev–Trinajstić information content (AvgIpc) is 2.75. The predicted octanol–water partition coefficient (Wildman–Crippen LogP) is 4.67. The molecule has 2 rings (SSSR count). The lowest BCUT2D eigenvalue weighted by molar-refractivity contribution is -0.141. The van der Waals surface area contributed by atoms with Gasteiger partial charge in [-0.05, 0) is 57.2 Å². The molecule has 0 aromatic heterocycles. The number of esters is 1. The van der Waals surface area contributed by atoms with Crippen molar-refractivity contribution in [3.63, 3.8) is 0 Å². The normalized spacial score (nSPS) is 11.3. The van der Waals surface area contributed by atoms with Gasteiger partial charge in [0, 0.05) is 43.3 Å². The van der Waals surface area contributed by atoms with E-state index in [1.54, 1.807) is 26.1 Å². The number of carbonyl (C=O) groups excluding carboxylic acids is 2. The van der Waals surface area contributed by atoms with E-state index in [2.05, 4.69) is 25.3 Å². The van der Waals surface area contributed by atoms with Crippen LogP contribution in [-0.4, -0.2) is 38.4 Å². The van der Waals surface area contributed by atoms with Gasteiger partial charge < -0.3 is 9.64 Å². The van der Waals surface area contributed by atoms with E-state index < -0.39 is 12.2 Å². The highest BCUT2D eigenvalue weighted by molar-refractivity contribution is 6.03. The second-order valence-corrected chi connectivity index (χ2v) is 6.48. The van der Waals surface area contributed by atoms with Gasteiger partial charge in [0.2, 0.25) is 0 Å². The van der Waals surface area contributed by atoms with E-state index in [0.717, 1.165) is 30.5 Å². The molecule has 0 heterocycles. The third kappa shape index (κ3) is 5.38. The first-order valence-electron chi connectivity index (χ1n) is 9.72. The molecular formula is C23H29N3O3. The van der Waals surface area contributed by atoms with E-state index in [4.69, 9.17) is 4.74 Å². The molecule has 2 amide bonds. The van der Waals surface area contributed by atoms with Crippen molar-refractivity contribution in [2.75, 3.05) is 34.8 Å². The Hall–Kier alpha value is -3.28. The van der Waals surface area contributed by atoms with E-state index in [0.29, 0.717) is 5.69 Å². The van der Waals surface area contributed by atoms with Gasteiger partial charge in [-0.25, -0.2) is 9.59 Å². The minimum atomic E-state index is -0.798. The lowest BCUT2D eigenvalue weighted by Gasteiger charge is -2.32. The van der Waals surface area contributed by atoms with Crippen molar-refractivity contribution in [2.45, 2.75) is 27.0 Å². The van der Waals surface area contributed by atoms with Crippen LogP contribution in [0.1, 0.15) is 20.8 Å². The molecule has 1 unspecified atom stereocenters. The summed E-state index contributed by atoms with van der Waals surface area (Å²) in [6, 6.07) is 16.6. The standard InChI is InChI=1S/C23H29N3O3/c1-6-22(27)29-18(4)26(21-12-10-9-11-13-21)23(28)24(5)19-14-16-20(17-15-19)25(7-2)8-3/h6,9-18H,1,7-8H2,2-5H3. The maximum atomic E-state index is 13.3. The molecule has 0 aliphatic heterocycles. The molecule has 0 fully saturated rings. The van der Waals surface area contributed by atoms with Gasteiger partial charge in [-0.2, -0.15) is 0 Å². The molecule has 6 nitrogen and oxygen atoms in total. The molecule has 2 aromatic rings. The Bertz CT molecular complexity index is 817. The number of hydrogen-bond acceptors (Lipinski definition) is 4. The molecule has 29 heavy (non-hydrogen) atoms. The SMILES string of the molecule is C=CC(=O)OC(C)N(C(=O)N(C)c1ccc(N(CC)CC)cc1)c1ccccc1. The molecule has 0 aliphatic rings. The van der Waals surface area contributed by atoms with Crippen molar-refractivity contribution in [3.8, 4) is 0 Å². The van der Waals surface area contributed by atoms with Crippen LogP contribution in [0, 0.1) is 0 Å². The number of hydrogen-bond donors (Lipinski definition) is 0. The Labute approximate surface area is 173 Å². The maximum absolute atomic E-state index is 13.3. The smallest absolute Gasteiger partial charge is 0.332 e. The summed E-state index contributed by atoms with van der Waals surface area (Å²) in [7, 11) is 1.70. The van der Waals surface area contributed by atoms with Gasteiger partial charge in [0.1, 0.15) is 0 Å². The van der Waals surface area contributed by atoms with E-state index in [-0.39, 0.29) is 6.03 Å². The molecule has 0 saturated carbocycles. The fraction of sp³-hybridized carbons (Fsp3) is 0.304. The summed E-state index contributed by atoms with van der Waals surface area (Å²) in [6.45, 7) is 11.1. The van der Waals surface area contributed by atoms with Crippen LogP contribution in [0.25, 0.3) is 0 Å². The number of rotatable bonds is 8. The monoisotopic (exact) mass is 395 g/mol. The van der Waals surface area contributed by atoms with E-state index in [1.165, 1.54) is 9.80 Å². The molecule has 0 radical (unpaired) electrons. The van der Waals surface area contributed by atoms with Gasteiger partial charge in [-0.3, -0.25) is 9.80 Å². The molecule has 0 aliphatic carbocycles. The van der Waals surface area contributed by atoms with E-state index in [9.17, 15) is 9.59 Å². The molecule has 2 aromatic carbocycles. The van der Waals surface area contributed by atoms with Gasteiger partial charge >= 0.3 is 12.0 Å². The van der Waals surface area contributed by atoms with Crippen LogP contribution in [0.4, 0.5) is 21.9 Å². The first-order valence-corrected chi connectivity index (χ1v) is 9.72. The molecule has 1 atom stereocenters. The van der Waals surface area contributed by atoms with Crippen LogP contribution in [0.5, 0.6) is 0 Å². The van der Waals surface area contributed by atoms with Crippen LogP contribution in [0.2, 0.25) is 0 Å². The van der Waals surface area contributed by atoms with Crippen molar-refractivity contribution in [2.24, 2.45) is 0 Å². The highest BCUT2D eigenvalue weighted by Crippen LogP contribution is 2.24. The Morgan fingerprint density at radius 1 is 0.966 bits per heavy atom. The topological polar surface area (TPSA) is 53.1 Å². The van der Waals surface area contributed by atoms with Gasteiger partial charge in [0.05, 0.1) is 0 Å². The van der Waals surface area contributed by atoms with Gasteiger partial charge in [0.15, 0.2) is 6.23 Å². The summed E-state index contributed by atoms with van der Waals surface area (Å²) in [5.74, 6) is -0.586. The lowest BCUT2D eigenvalue weighted by Crippen LogP contribution is -2.48. The fourth-order valence-electron chi connectivity index (χ4n) is 3.08. The summed E-state index contributed by atoms with van der Waals surface area (Å²) in [4.78, 5) is 30.2. The summed E-state index contributed by atoms with van der Waals surface area (Å²) >= 11 is 0. The first kappa shape index (κ1) is 22.0. The first-order chi connectivity index (χ1) is 13.9. The Morgan fingerprint density at radius 2 is 1.52 bits per heavy atom. The zero-order valence-corrected chi connectivity index (χ0v) is 17.5. The molecule has 0 spiro atoms. The van der Waals surface area contributed by atoms with Crippen molar-refractivity contribution < 1.29 is 14.3 Å². The summed E-state index contributed by atoms with van der Waals surface area (Å²) < 4.78 is 5.32. The molecule has 6 heteroatoms. The van der Waals surface area contributed by atoms with Gasteiger partial charge in [-0.15, -0.1) is 0 Å². The maximum Gasteiger partial charge on any atom is 0.332 e. The van der Waals surface area contributed by atoms with E-state index in [1.807, 2.05) is 42.5 Å². The van der Waals surface area contributed by atoms with Crippen LogP contribution in [0.3, 0.4) is 0 Å². The largest absolute Gasteiger partial charge is 0.438 e. The van der Waals surface area contributed by atoms with Crippen molar-refractivity contribution >= 4 is 29.1 Å². The predicted molar refractivity (Wildman–Crippen MR) is 118 cm³/mol. The van der Waals surface area contributed by atoms with Gasteiger partial charge in [0.25, 0.3) is 0 Å². The molecule has 0 saturated heterocycles. The summed E-state index contributed by atoms with van der Waals surface area (Å²) in [5, 5.41) is 0. The lowest BCUT2D eigenvalue weighted by atomic mass is 10.2. The van der Waals surface area contributed by atoms with Crippen LogP contribution >= 0.6 is 0 Å².